The average molecular weight is 286 g/mol. The molecule has 0 aliphatic carbocycles. The molecular weight excluding hydrogens is 273 g/mol. The van der Waals surface area contributed by atoms with Gasteiger partial charge < -0.3 is 10.1 Å². The van der Waals surface area contributed by atoms with E-state index in [1.54, 1.807) is 23.5 Å². The summed E-state index contributed by atoms with van der Waals surface area (Å²) in [7, 11) is 0. The molecule has 1 aromatic carbocycles. The van der Waals surface area contributed by atoms with Crippen molar-refractivity contribution < 1.29 is 9.13 Å². The van der Waals surface area contributed by atoms with Gasteiger partial charge >= 0.3 is 0 Å². The smallest absolute Gasteiger partial charge is 0.173 e. The molecule has 1 heterocycles. The Morgan fingerprint density at radius 1 is 1.28 bits per heavy atom. The van der Waals surface area contributed by atoms with E-state index in [4.69, 9.17) is 16.3 Å². The summed E-state index contributed by atoms with van der Waals surface area (Å²) in [5.74, 6) is -0.308. The Bertz CT molecular complexity index is 469. The molecule has 18 heavy (non-hydrogen) atoms. The third-order valence-corrected chi connectivity index (χ3v) is 3.50. The maximum absolute atomic E-state index is 13.4. The van der Waals surface area contributed by atoms with Crippen LogP contribution in [0, 0.1) is 5.82 Å². The van der Waals surface area contributed by atoms with Crippen LogP contribution in [0.5, 0.6) is 5.75 Å². The lowest BCUT2D eigenvalue weighted by molar-refractivity contribution is 0.299. The molecule has 2 rings (SSSR count). The Hall–Kier alpha value is -1.10. The van der Waals surface area contributed by atoms with Gasteiger partial charge in [-0.3, -0.25) is 0 Å². The SMILES string of the molecule is Fc1cccc(Cl)c1OCCNCc1cccs1. The molecule has 0 aliphatic heterocycles. The molecule has 0 atom stereocenters. The number of halogens is 2. The molecule has 2 aromatic rings. The molecule has 0 saturated carbocycles. The first-order valence-electron chi connectivity index (χ1n) is 5.57. The number of para-hydroxylation sites is 1. The summed E-state index contributed by atoms with van der Waals surface area (Å²) in [6.45, 7) is 1.82. The quantitative estimate of drug-likeness (QED) is 0.817. The predicted octanol–water partition coefficient (Wildman–Crippen LogP) is 3.71. The van der Waals surface area contributed by atoms with Gasteiger partial charge in [0.1, 0.15) is 6.61 Å². The lowest BCUT2D eigenvalue weighted by Crippen LogP contribution is -2.20. The van der Waals surface area contributed by atoms with Crippen molar-refractivity contribution in [2.45, 2.75) is 6.54 Å². The Balaban J connectivity index is 1.72. The van der Waals surface area contributed by atoms with Crippen LogP contribution in [0.3, 0.4) is 0 Å². The number of benzene rings is 1. The summed E-state index contributed by atoms with van der Waals surface area (Å²) < 4.78 is 18.7. The zero-order chi connectivity index (χ0) is 12.8. The summed E-state index contributed by atoms with van der Waals surface area (Å²) in [5.41, 5.74) is 0. The van der Waals surface area contributed by atoms with Crippen LogP contribution >= 0.6 is 22.9 Å². The van der Waals surface area contributed by atoms with E-state index in [1.807, 2.05) is 11.4 Å². The highest BCUT2D eigenvalue weighted by atomic mass is 35.5. The van der Waals surface area contributed by atoms with E-state index in [-0.39, 0.29) is 5.75 Å². The molecule has 0 saturated heterocycles. The highest BCUT2D eigenvalue weighted by Gasteiger charge is 2.07. The number of hydrogen-bond donors (Lipinski definition) is 1. The normalized spacial score (nSPS) is 10.6. The van der Waals surface area contributed by atoms with Crippen molar-refractivity contribution in [2.24, 2.45) is 0 Å². The monoisotopic (exact) mass is 285 g/mol. The first-order chi connectivity index (χ1) is 8.77. The highest BCUT2D eigenvalue weighted by molar-refractivity contribution is 7.09. The van der Waals surface area contributed by atoms with E-state index in [1.165, 1.54) is 10.9 Å². The first-order valence-corrected chi connectivity index (χ1v) is 6.83. The topological polar surface area (TPSA) is 21.3 Å². The molecule has 1 N–H and O–H groups in total. The zero-order valence-corrected chi connectivity index (χ0v) is 11.2. The number of nitrogens with one attached hydrogen (secondary N) is 1. The van der Waals surface area contributed by atoms with Gasteiger partial charge in [0.15, 0.2) is 11.6 Å². The van der Waals surface area contributed by atoms with Crippen molar-refractivity contribution in [3.8, 4) is 5.75 Å². The molecule has 0 spiro atoms. The summed E-state index contributed by atoms with van der Waals surface area (Å²) >= 11 is 7.54. The van der Waals surface area contributed by atoms with Crippen molar-refractivity contribution in [1.29, 1.82) is 0 Å². The predicted molar refractivity (Wildman–Crippen MR) is 72.9 cm³/mol. The highest BCUT2D eigenvalue weighted by Crippen LogP contribution is 2.26. The van der Waals surface area contributed by atoms with E-state index in [0.717, 1.165) is 6.54 Å². The van der Waals surface area contributed by atoms with Crippen molar-refractivity contribution in [2.75, 3.05) is 13.2 Å². The second kappa shape index (κ2) is 6.73. The number of ether oxygens (including phenoxy) is 1. The van der Waals surface area contributed by atoms with Gasteiger partial charge in [-0.05, 0) is 23.6 Å². The summed E-state index contributed by atoms with van der Waals surface area (Å²) in [5, 5.41) is 5.55. The standard InChI is InChI=1S/C13H13ClFNOS/c14-11-4-1-5-12(15)13(11)17-7-6-16-9-10-3-2-8-18-10/h1-5,8,16H,6-7,9H2. The van der Waals surface area contributed by atoms with Gasteiger partial charge in [0.2, 0.25) is 0 Å². The average Bonchev–Trinajstić information content (AvgIpc) is 2.85. The third-order valence-electron chi connectivity index (χ3n) is 2.32. The maximum Gasteiger partial charge on any atom is 0.173 e. The fraction of sp³-hybridized carbons (Fsp3) is 0.231. The number of hydrogen-bond acceptors (Lipinski definition) is 3. The van der Waals surface area contributed by atoms with Crippen LogP contribution < -0.4 is 10.1 Å². The summed E-state index contributed by atoms with van der Waals surface area (Å²) in [6, 6.07) is 8.57. The van der Waals surface area contributed by atoms with Crippen molar-refractivity contribution >= 4 is 22.9 Å². The largest absolute Gasteiger partial charge is 0.488 e. The van der Waals surface area contributed by atoms with Crippen LogP contribution in [0.25, 0.3) is 0 Å². The minimum absolute atomic E-state index is 0.122. The van der Waals surface area contributed by atoms with Gasteiger partial charge in [-0.2, -0.15) is 0 Å². The van der Waals surface area contributed by atoms with Gasteiger partial charge in [0, 0.05) is 18.0 Å². The number of thiophene rings is 1. The lowest BCUT2D eigenvalue weighted by atomic mass is 10.3. The Kier molecular flexibility index (Phi) is 4.99. The third kappa shape index (κ3) is 3.70. The van der Waals surface area contributed by atoms with E-state index in [0.29, 0.717) is 18.2 Å². The first kappa shape index (κ1) is 13.3. The van der Waals surface area contributed by atoms with Crippen molar-refractivity contribution in [3.05, 3.63) is 51.4 Å². The van der Waals surface area contributed by atoms with Gasteiger partial charge in [-0.15, -0.1) is 11.3 Å². The van der Waals surface area contributed by atoms with E-state index in [9.17, 15) is 4.39 Å². The molecule has 96 valence electrons. The van der Waals surface area contributed by atoms with Gasteiger partial charge in [-0.25, -0.2) is 4.39 Å². The van der Waals surface area contributed by atoms with Gasteiger partial charge in [0.05, 0.1) is 5.02 Å². The van der Waals surface area contributed by atoms with Crippen molar-refractivity contribution in [1.82, 2.24) is 5.32 Å². The molecule has 0 amide bonds. The van der Waals surface area contributed by atoms with E-state index < -0.39 is 5.82 Å². The van der Waals surface area contributed by atoms with Gasteiger partial charge in [0.25, 0.3) is 0 Å². The molecule has 1 aromatic heterocycles. The molecular formula is C13H13ClFNOS. The Labute approximate surface area is 114 Å². The van der Waals surface area contributed by atoms with E-state index >= 15 is 0 Å². The Morgan fingerprint density at radius 2 is 2.17 bits per heavy atom. The lowest BCUT2D eigenvalue weighted by Gasteiger charge is -2.09. The minimum atomic E-state index is -0.430. The van der Waals surface area contributed by atoms with Crippen LogP contribution in [0.1, 0.15) is 4.88 Å². The minimum Gasteiger partial charge on any atom is -0.488 e. The number of rotatable bonds is 6. The Morgan fingerprint density at radius 3 is 2.89 bits per heavy atom. The molecule has 0 unspecified atom stereocenters. The molecule has 0 bridgehead atoms. The summed E-state index contributed by atoms with van der Waals surface area (Å²) in [6.07, 6.45) is 0. The van der Waals surface area contributed by atoms with Crippen LogP contribution in [0.15, 0.2) is 35.7 Å². The van der Waals surface area contributed by atoms with Crippen LogP contribution in [-0.4, -0.2) is 13.2 Å². The van der Waals surface area contributed by atoms with Crippen molar-refractivity contribution in [3.63, 3.8) is 0 Å². The molecule has 5 heteroatoms. The second-order valence-electron chi connectivity index (χ2n) is 3.66. The van der Waals surface area contributed by atoms with Crippen LogP contribution in [0.2, 0.25) is 5.02 Å². The molecule has 2 nitrogen and oxygen atoms in total. The fourth-order valence-electron chi connectivity index (χ4n) is 1.47. The molecule has 0 fully saturated rings. The molecule has 0 radical (unpaired) electrons. The fourth-order valence-corrected chi connectivity index (χ4v) is 2.36. The van der Waals surface area contributed by atoms with Crippen LogP contribution in [-0.2, 0) is 6.54 Å². The second-order valence-corrected chi connectivity index (χ2v) is 5.09. The molecule has 0 aliphatic rings. The summed E-state index contributed by atoms with van der Waals surface area (Å²) in [4.78, 5) is 1.26. The van der Waals surface area contributed by atoms with E-state index in [2.05, 4.69) is 11.4 Å². The zero-order valence-electron chi connectivity index (χ0n) is 9.66. The maximum atomic E-state index is 13.4. The van der Waals surface area contributed by atoms with Crippen LogP contribution in [0.4, 0.5) is 4.39 Å². The van der Waals surface area contributed by atoms with Gasteiger partial charge in [-0.1, -0.05) is 23.7 Å².